The second-order valence-corrected chi connectivity index (χ2v) is 5.62. The number of hydrogen-bond acceptors (Lipinski definition) is 4. The molecular weight excluding hydrogens is 314 g/mol. The van der Waals surface area contributed by atoms with Crippen LogP contribution in [-0.4, -0.2) is 20.6 Å². The predicted molar refractivity (Wildman–Crippen MR) is 76.8 cm³/mol. The van der Waals surface area contributed by atoms with Gasteiger partial charge in [-0.25, -0.2) is 18.6 Å². The molecule has 0 amide bonds. The molecule has 3 aromatic rings. The Hall–Kier alpha value is -2.61. The van der Waals surface area contributed by atoms with Crippen LogP contribution in [0, 0.1) is 18.6 Å². The van der Waals surface area contributed by atoms with Gasteiger partial charge in [0.25, 0.3) is 0 Å². The van der Waals surface area contributed by atoms with Crippen LogP contribution in [0.25, 0.3) is 16.7 Å². The molecule has 0 bridgehead atoms. The van der Waals surface area contributed by atoms with E-state index in [0.717, 1.165) is 17.1 Å². The van der Waals surface area contributed by atoms with E-state index in [-0.39, 0.29) is 10.9 Å². The van der Waals surface area contributed by atoms with Crippen molar-refractivity contribution in [3.05, 3.63) is 56.1 Å². The maximum atomic E-state index is 13.5. The number of carboxylic acid groups (broad SMARTS) is 1. The fraction of sp³-hybridized carbons (Fsp3) is 0.0714. The van der Waals surface area contributed by atoms with Gasteiger partial charge in [-0.15, -0.1) is 11.3 Å². The zero-order valence-electron chi connectivity index (χ0n) is 11.1. The van der Waals surface area contributed by atoms with E-state index in [1.807, 2.05) is 0 Å². The summed E-state index contributed by atoms with van der Waals surface area (Å²) in [5.41, 5.74) is 0.189. The average Bonchev–Trinajstić information content (AvgIpc) is 2.87. The third-order valence-electron chi connectivity index (χ3n) is 3.22. The summed E-state index contributed by atoms with van der Waals surface area (Å²) in [4.78, 5) is 28.2. The Labute approximate surface area is 126 Å². The molecule has 2 heterocycles. The topological polar surface area (TPSA) is 72.2 Å². The average molecular weight is 322 g/mol. The van der Waals surface area contributed by atoms with Crippen LogP contribution >= 0.6 is 11.3 Å². The molecular formula is C14H8F2N2O3S. The van der Waals surface area contributed by atoms with Crippen LogP contribution in [0.5, 0.6) is 0 Å². The number of aryl methyl sites for hydroxylation is 1. The van der Waals surface area contributed by atoms with Crippen LogP contribution in [-0.2, 0) is 0 Å². The van der Waals surface area contributed by atoms with Gasteiger partial charge in [0.05, 0.1) is 16.4 Å². The fourth-order valence-corrected chi connectivity index (χ4v) is 2.75. The maximum Gasteiger partial charge on any atom is 0.341 e. The third-order valence-corrected chi connectivity index (χ3v) is 3.97. The Morgan fingerprint density at radius 2 is 2.00 bits per heavy atom. The Kier molecular flexibility index (Phi) is 3.25. The van der Waals surface area contributed by atoms with Gasteiger partial charge in [0, 0.05) is 17.1 Å². The summed E-state index contributed by atoms with van der Waals surface area (Å²) in [5.74, 6) is -3.42. The van der Waals surface area contributed by atoms with Crippen LogP contribution in [0.3, 0.4) is 0 Å². The summed E-state index contributed by atoms with van der Waals surface area (Å²) in [7, 11) is 0. The van der Waals surface area contributed by atoms with Crippen LogP contribution in [0.1, 0.15) is 15.2 Å². The third kappa shape index (κ3) is 2.08. The molecule has 112 valence electrons. The molecule has 0 aliphatic heterocycles. The Morgan fingerprint density at radius 3 is 2.59 bits per heavy atom. The van der Waals surface area contributed by atoms with Crippen molar-refractivity contribution < 1.29 is 18.7 Å². The number of fused-ring (bicyclic) bond motifs is 1. The quantitative estimate of drug-likeness (QED) is 0.787. The van der Waals surface area contributed by atoms with E-state index >= 15 is 0 Å². The van der Waals surface area contributed by atoms with E-state index in [0.29, 0.717) is 11.9 Å². The molecule has 1 N–H and O–H groups in total. The van der Waals surface area contributed by atoms with Gasteiger partial charge in [0.2, 0.25) is 5.43 Å². The van der Waals surface area contributed by atoms with E-state index < -0.39 is 28.6 Å². The largest absolute Gasteiger partial charge is 0.477 e. The lowest BCUT2D eigenvalue weighted by Crippen LogP contribution is -2.19. The number of benzene rings is 1. The van der Waals surface area contributed by atoms with E-state index in [1.165, 1.54) is 21.4 Å². The highest BCUT2D eigenvalue weighted by Gasteiger charge is 2.19. The monoisotopic (exact) mass is 322 g/mol. The first-order valence-electron chi connectivity index (χ1n) is 6.08. The van der Waals surface area contributed by atoms with Gasteiger partial charge >= 0.3 is 5.97 Å². The molecule has 0 atom stereocenters. The second kappa shape index (κ2) is 4.99. The van der Waals surface area contributed by atoms with Crippen molar-refractivity contribution in [3.8, 4) is 5.82 Å². The van der Waals surface area contributed by atoms with Gasteiger partial charge in [0.15, 0.2) is 17.5 Å². The van der Waals surface area contributed by atoms with E-state index in [1.54, 1.807) is 6.92 Å². The van der Waals surface area contributed by atoms with Crippen LogP contribution in [0.15, 0.2) is 28.6 Å². The molecule has 0 saturated heterocycles. The van der Waals surface area contributed by atoms with Gasteiger partial charge in [-0.2, -0.15) is 0 Å². The number of carboxylic acids is 1. The second-order valence-electron chi connectivity index (χ2n) is 4.56. The van der Waals surface area contributed by atoms with Crippen LogP contribution in [0.4, 0.5) is 8.78 Å². The molecule has 3 rings (SSSR count). The molecule has 2 aromatic heterocycles. The highest BCUT2D eigenvalue weighted by molar-refractivity contribution is 7.09. The minimum absolute atomic E-state index is 0.0582. The van der Waals surface area contributed by atoms with Crippen molar-refractivity contribution in [2.75, 3.05) is 0 Å². The molecule has 0 spiro atoms. The summed E-state index contributed by atoms with van der Waals surface area (Å²) in [6, 6.07) is 1.56. The van der Waals surface area contributed by atoms with Gasteiger partial charge < -0.3 is 5.11 Å². The maximum absolute atomic E-state index is 13.5. The first kappa shape index (κ1) is 14.3. The van der Waals surface area contributed by atoms with E-state index in [2.05, 4.69) is 4.98 Å². The molecule has 0 aliphatic carbocycles. The summed E-state index contributed by atoms with van der Waals surface area (Å²) < 4.78 is 28.3. The molecule has 1 aromatic carbocycles. The number of thiazole rings is 1. The van der Waals surface area contributed by atoms with Crippen molar-refractivity contribution in [1.82, 2.24) is 9.55 Å². The lowest BCUT2D eigenvalue weighted by molar-refractivity contribution is 0.0695. The number of nitrogens with zero attached hydrogens (tertiary/aromatic N) is 2. The van der Waals surface area contributed by atoms with Crippen molar-refractivity contribution in [2.24, 2.45) is 0 Å². The molecule has 22 heavy (non-hydrogen) atoms. The van der Waals surface area contributed by atoms with Crippen molar-refractivity contribution in [3.63, 3.8) is 0 Å². The smallest absolute Gasteiger partial charge is 0.341 e. The molecule has 0 fully saturated rings. The molecule has 0 saturated carbocycles. The minimum Gasteiger partial charge on any atom is -0.477 e. The Balaban J connectivity index is 2.53. The van der Waals surface area contributed by atoms with E-state index in [4.69, 9.17) is 5.11 Å². The van der Waals surface area contributed by atoms with Gasteiger partial charge in [-0.1, -0.05) is 0 Å². The molecule has 5 nitrogen and oxygen atoms in total. The lowest BCUT2D eigenvalue weighted by atomic mass is 10.1. The lowest BCUT2D eigenvalue weighted by Gasteiger charge is -2.11. The number of carbonyl (C=O) groups is 1. The number of aromatic nitrogens is 2. The van der Waals surface area contributed by atoms with Crippen molar-refractivity contribution >= 4 is 28.2 Å². The molecule has 0 radical (unpaired) electrons. The number of halogens is 2. The first-order valence-corrected chi connectivity index (χ1v) is 6.96. The molecule has 8 heteroatoms. The Bertz CT molecular complexity index is 978. The predicted octanol–water partition coefficient (Wildman–Crippen LogP) is 2.73. The number of rotatable bonds is 2. The van der Waals surface area contributed by atoms with Crippen LogP contribution < -0.4 is 5.43 Å². The number of hydrogen-bond donors (Lipinski definition) is 1. The summed E-state index contributed by atoms with van der Waals surface area (Å²) in [6.45, 7) is 1.75. The normalized spacial score (nSPS) is 11.0. The SMILES string of the molecule is Cc1scnc1-n1cc(C(=O)O)c(=O)c2cc(F)c(F)cc21. The highest BCUT2D eigenvalue weighted by Crippen LogP contribution is 2.23. The highest BCUT2D eigenvalue weighted by atomic mass is 32.1. The van der Waals surface area contributed by atoms with Crippen LogP contribution in [0.2, 0.25) is 0 Å². The summed E-state index contributed by atoms with van der Waals surface area (Å²) in [5, 5.41) is 8.92. The zero-order chi connectivity index (χ0) is 16.0. The number of aromatic carboxylic acids is 1. The zero-order valence-corrected chi connectivity index (χ0v) is 11.9. The first-order chi connectivity index (χ1) is 10.4. The fourth-order valence-electron chi connectivity index (χ4n) is 2.18. The number of pyridine rings is 1. The van der Waals surface area contributed by atoms with Gasteiger partial charge in [-0.3, -0.25) is 9.36 Å². The van der Waals surface area contributed by atoms with E-state index in [9.17, 15) is 18.4 Å². The molecule has 0 aliphatic rings. The summed E-state index contributed by atoms with van der Waals surface area (Å²) in [6.07, 6.45) is 1.08. The Morgan fingerprint density at radius 1 is 1.32 bits per heavy atom. The van der Waals surface area contributed by atoms with Crippen molar-refractivity contribution in [1.29, 1.82) is 0 Å². The summed E-state index contributed by atoms with van der Waals surface area (Å²) >= 11 is 1.31. The standard InChI is InChI=1S/C14H8F2N2O3S/c1-6-13(17-5-22-6)18-4-8(14(20)21)12(19)7-2-9(15)10(16)3-11(7)18/h2-5H,1H3,(H,20,21). The van der Waals surface area contributed by atoms with Gasteiger partial charge in [-0.05, 0) is 13.0 Å². The minimum atomic E-state index is -1.45. The van der Waals surface area contributed by atoms with Crippen molar-refractivity contribution in [2.45, 2.75) is 6.92 Å². The van der Waals surface area contributed by atoms with Gasteiger partial charge in [0.1, 0.15) is 5.56 Å². The molecule has 0 unspecified atom stereocenters.